The van der Waals surface area contributed by atoms with Crippen LogP contribution in [-0.2, 0) is 4.79 Å². The second-order valence-corrected chi connectivity index (χ2v) is 7.69. The Morgan fingerprint density at radius 1 is 1.19 bits per heavy atom. The summed E-state index contributed by atoms with van der Waals surface area (Å²) in [5.74, 6) is -0.152. The van der Waals surface area contributed by atoms with Gasteiger partial charge >= 0.3 is 0 Å². The van der Waals surface area contributed by atoms with Crippen molar-refractivity contribution in [1.29, 1.82) is 0 Å². The molecule has 0 spiro atoms. The van der Waals surface area contributed by atoms with E-state index in [0.717, 1.165) is 5.69 Å². The maximum Gasteiger partial charge on any atom is 0.237 e. The Balaban J connectivity index is 1.69. The third-order valence-electron chi connectivity index (χ3n) is 3.90. The topological polar surface area (TPSA) is 64.0 Å². The summed E-state index contributed by atoms with van der Waals surface area (Å²) in [6.45, 7) is 3.33. The van der Waals surface area contributed by atoms with Crippen LogP contribution in [0.5, 0.6) is 0 Å². The van der Waals surface area contributed by atoms with Crippen molar-refractivity contribution >= 4 is 40.7 Å². The number of Topliss-reactive ketones (excluding diaryl/α,β-unsaturated/α-hetero) is 1. The van der Waals surface area contributed by atoms with Crippen LogP contribution in [0.1, 0.15) is 24.2 Å². The highest BCUT2D eigenvalue weighted by Crippen LogP contribution is 2.26. The minimum absolute atomic E-state index is 0.00958. The van der Waals surface area contributed by atoms with Crippen LogP contribution in [0.3, 0.4) is 0 Å². The summed E-state index contributed by atoms with van der Waals surface area (Å²) in [5.41, 5.74) is 2.14. The predicted octanol–water partition coefficient (Wildman–Crippen LogP) is 4.85. The lowest BCUT2D eigenvalue weighted by Crippen LogP contribution is -2.22. The summed E-state index contributed by atoms with van der Waals surface area (Å²) in [6.07, 6.45) is 3.52. The highest BCUT2D eigenvalue weighted by molar-refractivity contribution is 8.00. The molecule has 3 rings (SSSR count). The number of ketones is 1. The second-order valence-electron chi connectivity index (χ2n) is 5.94. The highest BCUT2D eigenvalue weighted by atomic mass is 35.5. The van der Waals surface area contributed by atoms with E-state index in [4.69, 9.17) is 11.6 Å². The first-order chi connectivity index (χ1) is 12.9. The van der Waals surface area contributed by atoms with E-state index < -0.39 is 0 Å². The number of carbonyl (C=O) groups excluding carboxylic acids is 2. The predicted molar refractivity (Wildman–Crippen MR) is 109 cm³/mol. The normalized spacial score (nSPS) is 11.8. The number of aromatic nitrogens is 2. The van der Waals surface area contributed by atoms with Gasteiger partial charge in [-0.3, -0.25) is 14.2 Å². The average Bonchev–Trinajstić information content (AvgIpc) is 3.10. The van der Waals surface area contributed by atoms with E-state index in [9.17, 15) is 9.59 Å². The number of benzene rings is 2. The fourth-order valence-electron chi connectivity index (χ4n) is 2.44. The number of thioether (sulfide) groups is 1. The van der Waals surface area contributed by atoms with Crippen LogP contribution < -0.4 is 5.32 Å². The Labute approximate surface area is 166 Å². The summed E-state index contributed by atoms with van der Waals surface area (Å²) in [6, 6.07) is 14.3. The van der Waals surface area contributed by atoms with Crippen LogP contribution in [0.25, 0.3) is 5.69 Å². The van der Waals surface area contributed by atoms with Crippen molar-refractivity contribution < 1.29 is 9.59 Å². The minimum atomic E-state index is -0.363. The molecular weight excluding hydrogens is 382 g/mol. The highest BCUT2D eigenvalue weighted by Gasteiger charge is 2.18. The van der Waals surface area contributed by atoms with E-state index in [1.165, 1.54) is 18.7 Å². The first kappa shape index (κ1) is 19.2. The molecular formula is C20H18ClN3O2S. The molecule has 3 aromatic rings. The van der Waals surface area contributed by atoms with Crippen LogP contribution >= 0.6 is 23.4 Å². The fourth-order valence-corrected chi connectivity index (χ4v) is 3.51. The Kier molecular flexibility index (Phi) is 5.98. The zero-order valence-electron chi connectivity index (χ0n) is 14.8. The monoisotopic (exact) mass is 399 g/mol. The molecule has 1 N–H and O–H groups in total. The van der Waals surface area contributed by atoms with Crippen molar-refractivity contribution in [3.05, 3.63) is 71.5 Å². The maximum atomic E-state index is 12.5. The van der Waals surface area contributed by atoms with Gasteiger partial charge in [0.15, 0.2) is 10.9 Å². The molecule has 1 heterocycles. The summed E-state index contributed by atoms with van der Waals surface area (Å²) in [7, 11) is 0. The Hall–Kier alpha value is -2.57. The van der Waals surface area contributed by atoms with Crippen LogP contribution in [0.2, 0.25) is 5.02 Å². The van der Waals surface area contributed by atoms with Crippen molar-refractivity contribution in [3.63, 3.8) is 0 Å². The number of hydrogen-bond donors (Lipinski definition) is 1. The van der Waals surface area contributed by atoms with Crippen molar-refractivity contribution in [2.24, 2.45) is 0 Å². The lowest BCUT2D eigenvalue weighted by Gasteiger charge is -2.13. The first-order valence-electron chi connectivity index (χ1n) is 8.32. The van der Waals surface area contributed by atoms with E-state index in [-0.39, 0.29) is 16.9 Å². The van der Waals surface area contributed by atoms with Gasteiger partial charge in [0.1, 0.15) is 0 Å². The standard InChI is InChI=1S/C20H18ClN3O2S/c1-13(25)15-6-8-17(9-7-15)23-19(26)14(2)27-20-22-10-11-24(20)18-5-3-4-16(21)12-18/h3-12,14H,1-2H3,(H,23,26). The van der Waals surface area contributed by atoms with Gasteiger partial charge in [-0.15, -0.1) is 0 Å². The van der Waals surface area contributed by atoms with Crippen LogP contribution in [-0.4, -0.2) is 26.5 Å². The Morgan fingerprint density at radius 2 is 1.93 bits per heavy atom. The van der Waals surface area contributed by atoms with E-state index in [0.29, 0.717) is 21.4 Å². The molecule has 0 fully saturated rings. The van der Waals surface area contributed by atoms with Crippen molar-refractivity contribution in [2.45, 2.75) is 24.3 Å². The van der Waals surface area contributed by atoms with E-state index in [1.807, 2.05) is 42.0 Å². The third kappa shape index (κ3) is 4.78. The molecule has 5 nitrogen and oxygen atoms in total. The summed E-state index contributed by atoms with van der Waals surface area (Å²) >= 11 is 7.42. The molecule has 0 bridgehead atoms. The molecule has 2 aromatic carbocycles. The van der Waals surface area contributed by atoms with Gasteiger partial charge in [-0.1, -0.05) is 29.4 Å². The van der Waals surface area contributed by atoms with Gasteiger partial charge in [-0.05, 0) is 56.3 Å². The number of rotatable bonds is 6. The van der Waals surface area contributed by atoms with Crippen molar-refractivity contribution in [2.75, 3.05) is 5.32 Å². The van der Waals surface area contributed by atoms with Gasteiger partial charge in [-0.25, -0.2) is 4.98 Å². The second kappa shape index (κ2) is 8.41. The van der Waals surface area contributed by atoms with Gasteiger partial charge in [0.25, 0.3) is 0 Å². The molecule has 1 amide bonds. The summed E-state index contributed by atoms with van der Waals surface area (Å²) in [4.78, 5) is 28.2. The quantitative estimate of drug-likeness (QED) is 0.475. The first-order valence-corrected chi connectivity index (χ1v) is 9.57. The molecule has 138 valence electrons. The molecule has 1 aromatic heterocycles. The molecule has 27 heavy (non-hydrogen) atoms. The van der Waals surface area contributed by atoms with Gasteiger partial charge in [0, 0.05) is 34.4 Å². The van der Waals surface area contributed by atoms with Gasteiger partial charge in [-0.2, -0.15) is 0 Å². The van der Waals surface area contributed by atoms with Gasteiger partial charge in [0.2, 0.25) is 5.91 Å². The summed E-state index contributed by atoms with van der Waals surface area (Å²) in [5, 5.41) is 3.83. The number of imidazole rings is 1. The molecule has 0 aliphatic carbocycles. The van der Waals surface area contributed by atoms with Gasteiger partial charge < -0.3 is 5.32 Å². The molecule has 1 atom stereocenters. The number of nitrogens with zero attached hydrogens (tertiary/aromatic N) is 2. The SMILES string of the molecule is CC(=O)c1ccc(NC(=O)C(C)Sc2nccn2-c2cccc(Cl)c2)cc1. The zero-order chi connectivity index (χ0) is 19.4. The van der Waals surface area contributed by atoms with Crippen molar-refractivity contribution in [1.82, 2.24) is 9.55 Å². The molecule has 7 heteroatoms. The molecule has 0 saturated heterocycles. The van der Waals surface area contributed by atoms with E-state index >= 15 is 0 Å². The molecule has 0 aliphatic heterocycles. The zero-order valence-corrected chi connectivity index (χ0v) is 16.4. The van der Waals surface area contributed by atoms with Crippen molar-refractivity contribution in [3.8, 4) is 5.69 Å². The number of hydrogen-bond acceptors (Lipinski definition) is 4. The van der Waals surface area contributed by atoms with E-state index in [2.05, 4.69) is 10.3 Å². The lowest BCUT2D eigenvalue weighted by molar-refractivity contribution is -0.115. The number of nitrogens with one attached hydrogen (secondary N) is 1. The smallest absolute Gasteiger partial charge is 0.237 e. The largest absolute Gasteiger partial charge is 0.325 e. The average molecular weight is 400 g/mol. The Bertz CT molecular complexity index is 969. The minimum Gasteiger partial charge on any atom is -0.325 e. The molecule has 1 unspecified atom stereocenters. The van der Waals surface area contributed by atoms with Gasteiger partial charge in [0.05, 0.1) is 5.25 Å². The lowest BCUT2D eigenvalue weighted by atomic mass is 10.1. The van der Waals surface area contributed by atoms with E-state index in [1.54, 1.807) is 30.5 Å². The third-order valence-corrected chi connectivity index (χ3v) is 5.22. The number of anilines is 1. The van der Waals surface area contributed by atoms with Crippen LogP contribution in [0, 0.1) is 0 Å². The fraction of sp³-hybridized carbons (Fsp3) is 0.150. The number of amides is 1. The van der Waals surface area contributed by atoms with Crippen LogP contribution in [0.15, 0.2) is 66.1 Å². The Morgan fingerprint density at radius 3 is 2.59 bits per heavy atom. The maximum absolute atomic E-state index is 12.5. The molecule has 0 saturated carbocycles. The molecule has 0 radical (unpaired) electrons. The number of carbonyl (C=O) groups is 2. The molecule has 0 aliphatic rings. The summed E-state index contributed by atoms with van der Waals surface area (Å²) < 4.78 is 1.89. The van der Waals surface area contributed by atoms with Crippen LogP contribution in [0.4, 0.5) is 5.69 Å². The number of halogens is 1.